The minimum absolute atomic E-state index is 0.163. The Morgan fingerprint density at radius 3 is 2.50 bits per heavy atom. The average molecular weight is 424 g/mol. The van der Waals surface area contributed by atoms with E-state index in [1.807, 2.05) is 36.4 Å². The van der Waals surface area contributed by atoms with Crippen LogP contribution in [0.15, 0.2) is 77.4 Å². The largest absolute Gasteiger partial charge is 0.323 e. The Labute approximate surface area is 184 Å². The van der Waals surface area contributed by atoms with Crippen molar-refractivity contribution in [1.29, 1.82) is 0 Å². The van der Waals surface area contributed by atoms with Crippen molar-refractivity contribution in [3.05, 3.63) is 89.0 Å². The van der Waals surface area contributed by atoms with Crippen molar-refractivity contribution >= 4 is 39.4 Å². The van der Waals surface area contributed by atoms with Crippen LogP contribution in [0.3, 0.4) is 0 Å². The fourth-order valence-electron chi connectivity index (χ4n) is 3.79. The zero-order valence-corrected chi connectivity index (χ0v) is 18.0. The highest BCUT2D eigenvalue weighted by Gasteiger charge is 2.24. The summed E-state index contributed by atoms with van der Waals surface area (Å²) in [7, 11) is 0. The molecular weight excluding hydrogens is 400 g/mol. The zero-order chi connectivity index (χ0) is 22.2. The first-order valence-electron chi connectivity index (χ1n) is 10.5. The highest BCUT2D eigenvalue weighted by molar-refractivity contribution is 6.03. The van der Waals surface area contributed by atoms with Crippen LogP contribution in [0.4, 0.5) is 0 Å². The Kier molecular flexibility index (Phi) is 4.86. The van der Waals surface area contributed by atoms with Crippen molar-refractivity contribution in [3.8, 4) is 0 Å². The van der Waals surface area contributed by atoms with Crippen LogP contribution in [0.25, 0.3) is 33.2 Å². The van der Waals surface area contributed by atoms with Gasteiger partial charge in [0.15, 0.2) is 11.7 Å². The lowest BCUT2D eigenvalue weighted by Gasteiger charge is -2.04. The number of aromatic nitrogens is 5. The van der Waals surface area contributed by atoms with E-state index < -0.39 is 0 Å². The SMILES string of the molecule is C=CCn1c[nH+]c2c(c1=O)c1nc3ccccc3nc1n2/N=C/c1ccc(C(C)C)cc1. The molecule has 0 fully saturated rings. The molecule has 5 aromatic rings. The minimum Gasteiger partial charge on any atom is -0.250 e. The van der Waals surface area contributed by atoms with Crippen molar-refractivity contribution in [3.63, 3.8) is 0 Å². The molecule has 5 rings (SSSR count). The highest BCUT2D eigenvalue weighted by Crippen LogP contribution is 2.24. The van der Waals surface area contributed by atoms with Crippen LogP contribution in [0.5, 0.6) is 0 Å². The minimum atomic E-state index is -0.163. The fraction of sp³-hybridized carbons (Fsp3) is 0.160. The molecule has 0 saturated carbocycles. The molecule has 0 aliphatic rings. The Balaban J connectivity index is 1.76. The Hall–Kier alpha value is -4.13. The highest BCUT2D eigenvalue weighted by atomic mass is 16.1. The van der Waals surface area contributed by atoms with Gasteiger partial charge in [0.25, 0.3) is 5.65 Å². The number of nitrogens with one attached hydrogen (secondary N) is 1. The summed E-state index contributed by atoms with van der Waals surface area (Å²) >= 11 is 0. The van der Waals surface area contributed by atoms with Gasteiger partial charge in [0.05, 0.1) is 23.8 Å². The normalized spacial score (nSPS) is 12.0. The summed E-state index contributed by atoms with van der Waals surface area (Å²) in [4.78, 5) is 26.0. The monoisotopic (exact) mass is 423 g/mol. The van der Waals surface area contributed by atoms with Crippen molar-refractivity contribution in [2.24, 2.45) is 5.10 Å². The summed E-state index contributed by atoms with van der Waals surface area (Å²) in [5, 5.41) is 5.13. The smallest absolute Gasteiger partial charge is 0.250 e. The summed E-state index contributed by atoms with van der Waals surface area (Å²) in [6.45, 7) is 8.46. The third-order valence-electron chi connectivity index (χ3n) is 5.52. The number of rotatable bonds is 5. The first-order chi connectivity index (χ1) is 15.6. The van der Waals surface area contributed by atoms with E-state index in [0.29, 0.717) is 34.7 Å². The van der Waals surface area contributed by atoms with E-state index in [4.69, 9.17) is 9.97 Å². The second-order valence-electron chi connectivity index (χ2n) is 8.01. The van der Waals surface area contributed by atoms with E-state index >= 15 is 0 Å². The quantitative estimate of drug-likeness (QED) is 0.318. The molecule has 0 spiro atoms. The summed E-state index contributed by atoms with van der Waals surface area (Å²) in [5.41, 5.74) is 5.13. The van der Waals surface area contributed by atoms with E-state index in [1.165, 1.54) is 5.56 Å². The molecule has 7 heteroatoms. The molecule has 0 aliphatic heterocycles. The van der Waals surface area contributed by atoms with Crippen LogP contribution >= 0.6 is 0 Å². The number of aromatic amines is 1. The van der Waals surface area contributed by atoms with Crippen LogP contribution in [-0.2, 0) is 6.54 Å². The number of nitrogens with zero attached hydrogens (tertiary/aromatic N) is 5. The van der Waals surface area contributed by atoms with Crippen molar-refractivity contribution < 1.29 is 4.98 Å². The molecule has 0 radical (unpaired) electrons. The zero-order valence-electron chi connectivity index (χ0n) is 18.0. The van der Waals surface area contributed by atoms with E-state index in [1.54, 1.807) is 27.9 Å². The molecule has 2 aromatic carbocycles. The predicted molar refractivity (Wildman–Crippen MR) is 127 cm³/mol. The van der Waals surface area contributed by atoms with Gasteiger partial charge in [-0.25, -0.2) is 24.3 Å². The Morgan fingerprint density at radius 2 is 1.81 bits per heavy atom. The van der Waals surface area contributed by atoms with Gasteiger partial charge in [-0.15, -0.1) is 9.78 Å². The van der Waals surface area contributed by atoms with Crippen LogP contribution in [0.1, 0.15) is 30.9 Å². The van der Waals surface area contributed by atoms with Gasteiger partial charge in [-0.05, 0) is 29.2 Å². The van der Waals surface area contributed by atoms with Crippen LogP contribution < -0.4 is 10.5 Å². The van der Waals surface area contributed by atoms with Gasteiger partial charge in [-0.1, -0.05) is 62.9 Å². The third-order valence-corrected chi connectivity index (χ3v) is 5.52. The topological polar surface area (TPSA) is 79.2 Å². The molecule has 1 N–H and O–H groups in total. The van der Waals surface area contributed by atoms with Crippen LogP contribution in [0.2, 0.25) is 0 Å². The van der Waals surface area contributed by atoms with Crippen LogP contribution in [-0.4, -0.2) is 25.4 Å². The van der Waals surface area contributed by atoms with E-state index in [-0.39, 0.29) is 5.56 Å². The second-order valence-corrected chi connectivity index (χ2v) is 8.01. The molecule has 0 unspecified atom stereocenters. The van der Waals surface area contributed by atoms with E-state index in [9.17, 15) is 4.79 Å². The van der Waals surface area contributed by atoms with Crippen molar-refractivity contribution in [2.75, 3.05) is 0 Å². The van der Waals surface area contributed by atoms with Crippen LogP contribution in [0, 0.1) is 0 Å². The molecule has 0 bridgehead atoms. The summed E-state index contributed by atoms with van der Waals surface area (Å²) in [6, 6.07) is 15.9. The molecule has 3 heterocycles. The molecule has 0 amide bonds. The number of para-hydroxylation sites is 2. The molecular formula is C25H23N6O+. The van der Waals surface area contributed by atoms with Gasteiger partial charge >= 0.3 is 5.56 Å². The fourth-order valence-corrected chi connectivity index (χ4v) is 3.79. The third kappa shape index (κ3) is 3.28. The van der Waals surface area contributed by atoms with E-state index in [0.717, 1.165) is 16.6 Å². The lowest BCUT2D eigenvalue weighted by Crippen LogP contribution is -2.26. The van der Waals surface area contributed by atoms with Gasteiger partial charge in [0.2, 0.25) is 5.65 Å². The number of hydrogen-bond donors (Lipinski definition) is 0. The van der Waals surface area contributed by atoms with Gasteiger partial charge in [0, 0.05) is 0 Å². The van der Waals surface area contributed by atoms with Gasteiger partial charge in [0.1, 0.15) is 5.52 Å². The molecule has 7 nitrogen and oxygen atoms in total. The lowest BCUT2D eigenvalue weighted by molar-refractivity contribution is -0.357. The first kappa shape index (κ1) is 19.8. The maximum absolute atomic E-state index is 13.2. The van der Waals surface area contributed by atoms with Gasteiger partial charge < -0.3 is 0 Å². The Morgan fingerprint density at radius 1 is 1.09 bits per heavy atom. The molecule has 0 saturated heterocycles. The van der Waals surface area contributed by atoms with Crippen molar-refractivity contribution in [2.45, 2.75) is 26.3 Å². The number of H-pyrrole nitrogens is 1. The molecule has 158 valence electrons. The standard InChI is InChI=1S/C25H22N6O/c1-4-13-30-15-26-23-21(25(30)32)22-24(29-20-8-6-5-7-19(20)28-22)31(23)27-14-17-9-11-18(12-10-17)16(2)3/h4-12,14-16H,1,13H2,2-3H3/p+1/b27-14+. The number of benzene rings is 2. The summed E-state index contributed by atoms with van der Waals surface area (Å²) in [5.74, 6) is 0.467. The predicted octanol–water partition coefficient (Wildman–Crippen LogP) is 3.91. The number of hydrogen-bond acceptors (Lipinski definition) is 4. The first-order valence-corrected chi connectivity index (χ1v) is 10.5. The second kappa shape index (κ2) is 7.85. The number of fused-ring (bicyclic) bond motifs is 4. The summed E-state index contributed by atoms with van der Waals surface area (Å²) in [6.07, 6.45) is 5.08. The average Bonchev–Trinajstić information content (AvgIpc) is 3.11. The maximum atomic E-state index is 13.2. The van der Waals surface area contributed by atoms with Gasteiger partial charge in [-0.2, -0.15) is 0 Å². The lowest BCUT2D eigenvalue weighted by atomic mass is 10.0. The van der Waals surface area contributed by atoms with Crippen molar-refractivity contribution in [1.82, 2.24) is 19.2 Å². The molecule has 3 aromatic heterocycles. The van der Waals surface area contributed by atoms with E-state index in [2.05, 4.69) is 42.6 Å². The summed E-state index contributed by atoms with van der Waals surface area (Å²) < 4.78 is 3.21. The maximum Gasteiger partial charge on any atom is 0.323 e. The molecule has 32 heavy (non-hydrogen) atoms. The molecule has 0 aliphatic carbocycles. The van der Waals surface area contributed by atoms with Gasteiger partial charge in [-0.3, -0.25) is 0 Å². The Bertz CT molecular complexity index is 1560. The number of allylic oxidation sites excluding steroid dienone is 1. The molecule has 0 atom stereocenters.